The third-order valence-electron chi connectivity index (χ3n) is 3.05. The molecule has 2 heteroatoms. The van der Waals surface area contributed by atoms with Crippen molar-refractivity contribution in [1.29, 1.82) is 0 Å². The van der Waals surface area contributed by atoms with Crippen molar-refractivity contribution in [3.05, 3.63) is 64.5 Å². The lowest BCUT2D eigenvalue weighted by Crippen LogP contribution is -2.13. The van der Waals surface area contributed by atoms with Crippen LogP contribution in [0.2, 0.25) is 0 Å². The molecule has 2 aromatic rings. The number of pyridine rings is 1. The lowest BCUT2D eigenvalue weighted by molar-refractivity contribution is 0.853. The van der Waals surface area contributed by atoms with E-state index in [0.717, 1.165) is 11.3 Å². The minimum absolute atomic E-state index is 0.0726. The highest BCUT2D eigenvalue weighted by molar-refractivity contribution is 5.38. The largest absolute Gasteiger partial charge is 0.320 e. The van der Waals surface area contributed by atoms with Crippen LogP contribution in [-0.2, 0) is 0 Å². The molecular weight excluding hydrogens is 208 g/mol. The quantitative estimate of drug-likeness (QED) is 0.854. The fourth-order valence-corrected chi connectivity index (χ4v) is 2.04. The lowest BCUT2D eigenvalue weighted by atomic mass is 9.94. The van der Waals surface area contributed by atoms with Gasteiger partial charge in [-0.3, -0.25) is 4.98 Å². The van der Waals surface area contributed by atoms with Gasteiger partial charge in [0, 0.05) is 11.9 Å². The summed E-state index contributed by atoms with van der Waals surface area (Å²) in [7, 11) is 0. The van der Waals surface area contributed by atoms with E-state index >= 15 is 0 Å². The van der Waals surface area contributed by atoms with Crippen LogP contribution in [0.1, 0.15) is 34.0 Å². The van der Waals surface area contributed by atoms with Gasteiger partial charge in [0.05, 0.1) is 6.04 Å². The van der Waals surface area contributed by atoms with E-state index in [1.807, 2.05) is 25.3 Å². The van der Waals surface area contributed by atoms with E-state index in [1.165, 1.54) is 16.7 Å². The molecule has 0 saturated heterocycles. The minimum Gasteiger partial charge on any atom is -0.320 e. The van der Waals surface area contributed by atoms with Gasteiger partial charge in [-0.25, -0.2) is 0 Å². The summed E-state index contributed by atoms with van der Waals surface area (Å²) in [6.07, 6.45) is 1.82. The van der Waals surface area contributed by atoms with Gasteiger partial charge in [0.15, 0.2) is 0 Å². The SMILES string of the molecule is Cc1ccc(C)c(C(N)c2ccnc(C)c2)c1. The number of nitrogens with zero attached hydrogens (tertiary/aromatic N) is 1. The van der Waals surface area contributed by atoms with Crippen molar-refractivity contribution in [2.24, 2.45) is 5.73 Å². The maximum atomic E-state index is 6.33. The van der Waals surface area contributed by atoms with Gasteiger partial charge in [-0.2, -0.15) is 0 Å². The van der Waals surface area contributed by atoms with Crippen molar-refractivity contribution in [2.45, 2.75) is 26.8 Å². The van der Waals surface area contributed by atoms with Crippen LogP contribution in [0.15, 0.2) is 36.5 Å². The van der Waals surface area contributed by atoms with Crippen molar-refractivity contribution in [3.63, 3.8) is 0 Å². The summed E-state index contributed by atoms with van der Waals surface area (Å²) >= 11 is 0. The molecule has 1 atom stereocenters. The Morgan fingerprint density at radius 1 is 1.06 bits per heavy atom. The summed E-state index contributed by atoms with van der Waals surface area (Å²) in [5, 5.41) is 0. The maximum absolute atomic E-state index is 6.33. The minimum atomic E-state index is -0.0726. The molecule has 0 fully saturated rings. The summed E-state index contributed by atoms with van der Waals surface area (Å²) in [6, 6.07) is 10.4. The predicted molar refractivity (Wildman–Crippen MR) is 70.9 cm³/mol. The molecule has 17 heavy (non-hydrogen) atoms. The molecule has 2 nitrogen and oxygen atoms in total. The Kier molecular flexibility index (Phi) is 3.25. The molecule has 0 aliphatic carbocycles. The molecule has 2 rings (SSSR count). The van der Waals surface area contributed by atoms with E-state index in [-0.39, 0.29) is 6.04 Å². The first-order valence-corrected chi connectivity index (χ1v) is 5.83. The topological polar surface area (TPSA) is 38.9 Å². The number of hydrogen-bond acceptors (Lipinski definition) is 2. The second-order valence-electron chi connectivity index (χ2n) is 4.57. The second kappa shape index (κ2) is 4.68. The van der Waals surface area contributed by atoms with Gasteiger partial charge in [0.2, 0.25) is 0 Å². The van der Waals surface area contributed by atoms with Gasteiger partial charge in [-0.05, 0) is 49.6 Å². The molecule has 0 radical (unpaired) electrons. The molecular formula is C15H18N2. The number of aromatic nitrogens is 1. The summed E-state index contributed by atoms with van der Waals surface area (Å²) in [6.45, 7) is 6.18. The number of hydrogen-bond donors (Lipinski definition) is 1. The molecule has 0 aliphatic heterocycles. The van der Waals surface area contributed by atoms with Gasteiger partial charge in [0.25, 0.3) is 0 Å². The number of rotatable bonds is 2. The van der Waals surface area contributed by atoms with Gasteiger partial charge < -0.3 is 5.73 Å². The van der Waals surface area contributed by atoms with Crippen molar-refractivity contribution in [2.75, 3.05) is 0 Å². The monoisotopic (exact) mass is 226 g/mol. The zero-order chi connectivity index (χ0) is 12.4. The van der Waals surface area contributed by atoms with E-state index in [0.29, 0.717) is 0 Å². The molecule has 0 spiro atoms. The van der Waals surface area contributed by atoms with Crippen molar-refractivity contribution in [3.8, 4) is 0 Å². The fourth-order valence-electron chi connectivity index (χ4n) is 2.04. The van der Waals surface area contributed by atoms with Crippen molar-refractivity contribution in [1.82, 2.24) is 4.98 Å². The molecule has 0 saturated carbocycles. The zero-order valence-electron chi connectivity index (χ0n) is 10.6. The second-order valence-corrected chi connectivity index (χ2v) is 4.57. The lowest BCUT2D eigenvalue weighted by Gasteiger charge is -2.16. The van der Waals surface area contributed by atoms with Crippen molar-refractivity contribution >= 4 is 0 Å². The van der Waals surface area contributed by atoms with Crippen LogP contribution in [0.3, 0.4) is 0 Å². The van der Waals surface area contributed by atoms with Crippen molar-refractivity contribution < 1.29 is 0 Å². The van der Waals surface area contributed by atoms with Gasteiger partial charge in [-0.1, -0.05) is 23.8 Å². The normalized spacial score (nSPS) is 12.5. The average Bonchev–Trinajstić information content (AvgIpc) is 2.31. The standard InChI is InChI=1S/C15H18N2/c1-10-4-5-11(2)14(8-10)15(16)13-6-7-17-12(3)9-13/h4-9,15H,16H2,1-3H3. The molecule has 0 bridgehead atoms. The number of aryl methyl sites for hydroxylation is 3. The summed E-state index contributed by atoms with van der Waals surface area (Å²) in [5.41, 5.74) is 12.1. The van der Waals surface area contributed by atoms with Crippen LogP contribution in [0, 0.1) is 20.8 Å². The van der Waals surface area contributed by atoms with Crippen LogP contribution in [0.5, 0.6) is 0 Å². The maximum Gasteiger partial charge on any atom is 0.0555 e. The molecule has 88 valence electrons. The Balaban J connectivity index is 2.43. The number of benzene rings is 1. The third-order valence-corrected chi connectivity index (χ3v) is 3.05. The smallest absolute Gasteiger partial charge is 0.0555 e. The Morgan fingerprint density at radius 2 is 1.82 bits per heavy atom. The Labute approximate surface area is 103 Å². The predicted octanol–water partition coefficient (Wildman–Crippen LogP) is 3.05. The third kappa shape index (κ3) is 2.53. The van der Waals surface area contributed by atoms with E-state index in [9.17, 15) is 0 Å². The molecule has 1 unspecified atom stereocenters. The first kappa shape index (κ1) is 11.8. The first-order chi connectivity index (χ1) is 8.08. The van der Waals surface area contributed by atoms with Gasteiger partial charge in [0.1, 0.15) is 0 Å². The number of nitrogens with two attached hydrogens (primary N) is 1. The molecule has 2 N–H and O–H groups in total. The zero-order valence-corrected chi connectivity index (χ0v) is 10.6. The van der Waals surface area contributed by atoms with Crippen LogP contribution >= 0.6 is 0 Å². The summed E-state index contributed by atoms with van der Waals surface area (Å²) in [4.78, 5) is 4.20. The average molecular weight is 226 g/mol. The molecule has 1 aromatic heterocycles. The molecule has 0 aliphatic rings. The van der Waals surface area contributed by atoms with E-state index in [1.54, 1.807) is 0 Å². The van der Waals surface area contributed by atoms with Gasteiger partial charge in [-0.15, -0.1) is 0 Å². The first-order valence-electron chi connectivity index (χ1n) is 5.83. The van der Waals surface area contributed by atoms with Crippen LogP contribution in [0.4, 0.5) is 0 Å². The van der Waals surface area contributed by atoms with Crippen LogP contribution in [-0.4, -0.2) is 4.98 Å². The van der Waals surface area contributed by atoms with Crippen LogP contribution < -0.4 is 5.73 Å². The highest BCUT2D eigenvalue weighted by Crippen LogP contribution is 2.23. The Morgan fingerprint density at radius 3 is 2.53 bits per heavy atom. The molecule has 1 aromatic carbocycles. The van der Waals surface area contributed by atoms with Gasteiger partial charge >= 0.3 is 0 Å². The van der Waals surface area contributed by atoms with E-state index in [4.69, 9.17) is 5.73 Å². The van der Waals surface area contributed by atoms with Crippen LogP contribution in [0.25, 0.3) is 0 Å². The Hall–Kier alpha value is -1.67. The van der Waals surface area contributed by atoms with E-state index in [2.05, 4.69) is 37.0 Å². The molecule has 1 heterocycles. The summed E-state index contributed by atoms with van der Waals surface area (Å²) in [5.74, 6) is 0. The summed E-state index contributed by atoms with van der Waals surface area (Å²) < 4.78 is 0. The molecule has 0 amide bonds. The van der Waals surface area contributed by atoms with E-state index < -0.39 is 0 Å². The highest BCUT2D eigenvalue weighted by atomic mass is 14.7. The highest BCUT2D eigenvalue weighted by Gasteiger charge is 2.11. The fraction of sp³-hybridized carbons (Fsp3) is 0.267. The Bertz CT molecular complexity index is 532.